The van der Waals surface area contributed by atoms with Crippen molar-refractivity contribution in [1.29, 1.82) is 0 Å². The molecular weight excluding hydrogens is 256 g/mol. The molecule has 0 aliphatic heterocycles. The molecular formula is C12H13BrO2. The third kappa shape index (κ3) is 2.23. The van der Waals surface area contributed by atoms with Gasteiger partial charge >= 0.3 is 5.97 Å². The summed E-state index contributed by atoms with van der Waals surface area (Å²) >= 11 is 3.54. The van der Waals surface area contributed by atoms with Crippen molar-refractivity contribution in [2.24, 2.45) is 0 Å². The summed E-state index contributed by atoms with van der Waals surface area (Å²) in [5.41, 5.74) is 2.71. The summed E-state index contributed by atoms with van der Waals surface area (Å²) < 4.78 is 1.16. The number of hydrogen-bond acceptors (Lipinski definition) is 1. The van der Waals surface area contributed by atoms with E-state index >= 15 is 0 Å². The lowest BCUT2D eigenvalue weighted by molar-refractivity contribution is -0.137. The molecule has 1 aliphatic carbocycles. The van der Waals surface area contributed by atoms with Crippen molar-refractivity contribution < 1.29 is 9.90 Å². The number of fused-ring (bicyclic) bond motifs is 1. The second kappa shape index (κ2) is 4.35. The maximum atomic E-state index is 10.5. The van der Waals surface area contributed by atoms with Crippen LogP contribution in [0.25, 0.3) is 0 Å². The molecule has 0 saturated heterocycles. The summed E-state index contributed by atoms with van der Waals surface area (Å²) in [5.74, 6) is -0.257. The van der Waals surface area contributed by atoms with Crippen molar-refractivity contribution in [2.75, 3.05) is 0 Å². The van der Waals surface area contributed by atoms with Gasteiger partial charge in [-0.2, -0.15) is 0 Å². The summed E-state index contributed by atoms with van der Waals surface area (Å²) in [4.78, 5) is 10.5. The molecule has 1 aromatic rings. The molecule has 0 radical (unpaired) electrons. The highest BCUT2D eigenvalue weighted by Crippen LogP contribution is 2.39. The van der Waals surface area contributed by atoms with Crippen molar-refractivity contribution >= 4 is 21.9 Å². The van der Waals surface area contributed by atoms with Gasteiger partial charge in [-0.25, -0.2) is 0 Å². The molecule has 0 saturated carbocycles. The minimum Gasteiger partial charge on any atom is -0.481 e. The highest BCUT2D eigenvalue weighted by atomic mass is 79.9. The van der Waals surface area contributed by atoms with Crippen LogP contribution in [0, 0.1) is 0 Å². The van der Waals surface area contributed by atoms with E-state index in [1.165, 1.54) is 11.1 Å². The van der Waals surface area contributed by atoms with Crippen LogP contribution in [0.15, 0.2) is 22.7 Å². The Morgan fingerprint density at radius 3 is 3.07 bits per heavy atom. The van der Waals surface area contributed by atoms with E-state index in [0.717, 1.165) is 23.7 Å². The third-order valence-electron chi connectivity index (χ3n) is 3.04. The van der Waals surface area contributed by atoms with Gasteiger partial charge in [-0.15, -0.1) is 0 Å². The SMILES string of the molecule is O=C(O)CCC1CCc2c(Br)cccc21. The lowest BCUT2D eigenvalue weighted by Crippen LogP contribution is -2.00. The first-order valence-electron chi connectivity index (χ1n) is 5.17. The van der Waals surface area contributed by atoms with E-state index < -0.39 is 5.97 Å². The number of hydrogen-bond donors (Lipinski definition) is 1. The zero-order chi connectivity index (χ0) is 10.8. The average molecular weight is 269 g/mol. The molecule has 1 aromatic carbocycles. The highest BCUT2D eigenvalue weighted by molar-refractivity contribution is 9.10. The molecule has 15 heavy (non-hydrogen) atoms. The van der Waals surface area contributed by atoms with E-state index in [1.807, 2.05) is 6.07 Å². The zero-order valence-electron chi connectivity index (χ0n) is 8.37. The van der Waals surface area contributed by atoms with Crippen LogP contribution in [0.4, 0.5) is 0 Å². The number of benzene rings is 1. The topological polar surface area (TPSA) is 37.3 Å². The van der Waals surface area contributed by atoms with Crippen LogP contribution < -0.4 is 0 Å². The van der Waals surface area contributed by atoms with Crippen molar-refractivity contribution in [2.45, 2.75) is 31.6 Å². The molecule has 0 spiro atoms. The van der Waals surface area contributed by atoms with E-state index in [2.05, 4.69) is 28.1 Å². The van der Waals surface area contributed by atoms with Gasteiger partial charge in [-0.05, 0) is 42.4 Å². The minimum atomic E-state index is -0.696. The molecule has 2 nitrogen and oxygen atoms in total. The largest absolute Gasteiger partial charge is 0.481 e. The molecule has 0 heterocycles. The van der Waals surface area contributed by atoms with Crippen LogP contribution in [-0.4, -0.2) is 11.1 Å². The monoisotopic (exact) mass is 268 g/mol. The minimum absolute atomic E-state index is 0.274. The maximum absolute atomic E-state index is 10.5. The maximum Gasteiger partial charge on any atom is 0.303 e. The molecule has 1 N–H and O–H groups in total. The Hall–Kier alpha value is -0.830. The van der Waals surface area contributed by atoms with E-state index in [4.69, 9.17) is 5.11 Å². The van der Waals surface area contributed by atoms with Gasteiger partial charge in [0.25, 0.3) is 0 Å². The van der Waals surface area contributed by atoms with Gasteiger partial charge in [0.2, 0.25) is 0 Å². The summed E-state index contributed by atoms with van der Waals surface area (Å²) in [6.45, 7) is 0. The first kappa shape index (κ1) is 10.7. The van der Waals surface area contributed by atoms with Crippen molar-refractivity contribution in [1.82, 2.24) is 0 Å². The van der Waals surface area contributed by atoms with Gasteiger partial charge in [0.15, 0.2) is 0 Å². The number of carboxylic acid groups (broad SMARTS) is 1. The predicted octanol–water partition coefficient (Wildman–Crippen LogP) is 3.34. The summed E-state index contributed by atoms with van der Waals surface area (Å²) in [5, 5.41) is 8.67. The Morgan fingerprint density at radius 1 is 1.53 bits per heavy atom. The average Bonchev–Trinajstić information content (AvgIpc) is 2.59. The standard InChI is InChI=1S/C12H13BrO2/c13-11-3-1-2-9-8(4-6-10(9)11)5-7-12(14)15/h1-3,8H,4-7H2,(H,14,15). The lowest BCUT2D eigenvalue weighted by Gasteiger charge is -2.09. The molecule has 0 amide bonds. The Bertz CT molecular complexity index is 387. The van der Waals surface area contributed by atoms with E-state index in [1.54, 1.807) is 0 Å². The zero-order valence-corrected chi connectivity index (χ0v) is 9.96. The molecule has 0 bridgehead atoms. The van der Waals surface area contributed by atoms with Crippen LogP contribution in [0.2, 0.25) is 0 Å². The predicted molar refractivity (Wildman–Crippen MR) is 62.1 cm³/mol. The summed E-state index contributed by atoms with van der Waals surface area (Å²) in [6.07, 6.45) is 3.20. The van der Waals surface area contributed by atoms with Gasteiger partial charge in [0.05, 0.1) is 0 Å². The number of carboxylic acids is 1. The van der Waals surface area contributed by atoms with Gasteiger partial charge in [0.1, 0.15) is 0 Å². The number of carbonyl (C=O) groups is 1. The Labute approximate surface area is 97.4 Å². The van der Waals surface area contributed by atoms with Gasteiger partial charge in [-0.3, -0.25) is 4.79 Å². The number of rotatable bonds is 3. The number of halogens is 1. The van der Waals surface area contributed by atoms with E-state index in [9.17, 15) is 4.79 Å². The fraction of sp³-hybridized carbons (Fsp3) is 0.417. The van der Waals surface area contributed by atoms with E-state index in [0.29, 0.717) is 5.92 Å². The van der Waals surface area contributed by atoms with Gasteiger partial charge in [-0.1, -0.05) is 28.1 Å². The molecule has 1 unspecified atom stereocenters. The fourth-order valence-corrected chi connectivity index (χ4v) is 2.87. The summed E-state index contributed by atoms with van der Waals surface area (Å²) in [6, 6.07) is 6.21. The Kier molecular flexibility index (Phi) is 3.10. The number of aliphatic carboxylic acids is 1. The quantitative estimate of drug-likeness (QED) is 0.913. The van der Waals surface area contributed by atoms with Crippen LogP contribution in [0.5, 0.6) is 0 Å². The smallest absolute Gasteiger partial charge is 0.303 e. The second-order valence-electron chi connectivity index (χ2n) is 3.98. The summed E-state index contributed by atoms with van der Waals surface area (Å²) in [7, 11) is 0. The lowest BCUT2D eigenvalue weighted by atomic mass is 9.96. The van der Waals surface area contributed by atoms with Crippen molar-refractivity contribution in [3.8, 4) is 0 Å². The van der Waals surface area contributed by atoms with Crippen LogP contribution in [-0.2, 0) is 11.2 Å². The van der Waals surface area contributed by atoms with Crippen molar-refractivity contribution in [3.63, 3.8) is 0 Å². The second-order valence-corrected chi connectivity index (χ2v) is 4.83. The first-order valence-corrected chi connectivity index (χ1v) is 5.97. The highest BCUT2D eigenvalue weighted by Gasteiger charge is 2.24. The first-order chi connectivity index (χ1) is 7.18. The van der Waals surface area contributed by atoms with Gasteiger partial charge < -0.3 is 5.11 Å². The van der Waals surface area contributed by atoms with Gasteiger partial charge in [0, 0.05) is 10.9 Å². The van der Waals surface area contributed by atoms with Crippen LogP contribution in [0.1, 0.15) is 36.3 Å². The molecule has 0 aromatic heterocycles. The molecule has 3 heteroatoms. The molecule has 1 atom stereocenters. The van der Waals surface area contributed by atoms with Crippen LogP contribution >= 0.6 is 15.9 Å². The molecule has 0 fully saturated rings. The van der Waals surface area contributed by atoms with Crippen LogP contribution in [0.3, 0.4) is 0 Å². The molecule has 80 valence electrons. The molecule has 1 aliphatic rings. The normalized spacial score (nSPS) is 18.9. The molecule has 2 rings (SSSR count). The Balaban J connectivity index is 2.14. The fourth-order valence-electron chi connectivity index (χ4n) is 2.29. The van der Waals surface area contributed by atoms with Crippen molar-refractivity contribution in [3.05, 3.63) is 33.8 Å². The third-order valence-corrected chi connectivity index (χ3v) is 3.79. The Morgan fingerprint density at radius 2 is 2.33 bits per heavy atom. The van der Waals surface area contributed by atoms with E-state index in [-0.39, 0.29) is 6.42 Å².